The Kier molecular flexibility index (Phi) is 7.28. The Labute approximate surface area is 223 Å². The minimum absolute atomic E-state index is 0.0431. The zero-order valence-electron chi connectivity index (χ0n) is 20.8. The number of nitriles is 1. The van der Waals surface area contributed by atoms with Gasteiger partial charge in [0, 0.05) is 43.1 Å². The van der Waals surface area contributed by atoms with Crippen molar-refractivity contribution in [2.24, 2.45) is 0 Å². The lowest BCUT2D eigenvalue weighted by molar-refractivity contribution is -0.141. The van der Waals surface area contributed by atoms with Crippen LogP contribution in [0.25, 0.3) is 11.3 Å². The van der Waals surface area contributed by atoms with Crippen LogP contribution in [0.4, 0.5) is 13.2 Å². The van der Waals surface area contributed by atoms with E-state index in [0.29, 0.717) is 44.5 Å². The zero-order chi connectivity index (χ0) is 27.8. The minimum atomic E-state index is -4.65. The van der Waals surface area contributed by atoms with Crippen LogP contribution in [0.3, 0.4) is 0 Å². The van der Waals surface area contributed by atoms with Gasteiger partial charge in [0.15, 0.2) is 5.75 Å². The normalized spacial score (nSPS) is 16.6. The number of rotatable bonds is 7. The Bertz CT molecular complexity index is 1550. The van der Waals surface area contributed by atoms with Crippen molar-refractivity contribution in [1.82, 2.24) is 19.7 Å². The van der Waals surface area contributed by atoms with E-state index in [1.807, 2.05) is 6.07 Å². The fourth-order valence-corrected chi connectivity index (χ4v) is 5.67. The number of ether oxygens (including phenoxy) is 2. The Balaban J connectivity index is 1.61. The number of nitrogens with one attached hydrogen (secondary N) is 1. The van der Waals surface area contributed by atoms with Crippen LogP contribution in [0.15, 0.2) is 41.6 Å². The summed E-state index contributed by atoms with van der Waals surface area (Å²) in [5.74, 6) is -0.511. The molecule has 39 heavy (non-hydrogen) atoms. The van der Waals surface area contributed by atoms with Gasteiger partial charge in [-0.05, 0) is 62.4 Å². The highest BCUT2D eigenvalue weighted by atomic mass is 32.2. The Morgan fingerprint density at radius 3 is 2.51 bits per heavy atom. The van der Waals surface area contributed by atoms with E-state index in [1.165, 1.54) is 37.5 Å². The summed E-state index contributed by atoms with van der Waals surface area (Å²) in [6.07, 6.45) is 0.439. The molecule has 13 heteroatoms. The van der Waals surface area contributed by atoms with Gasteiger partial charge in [-0.15, -0.1) is 0 Å². The number of sulfonamides is 1. The van der Waals surface area contributed by atoms with Gasteiger partial charge in [-0.2, -0.15) is 18.4 Å². The minimum Gasteiger partial charge on any atom is -0.435 e. The number of pyridine rings is 3. The van der Waals surface area contributed by atoms with E-state index in [0.717, 1.165) is 6.07 Å². The van der Waals surface area contributed by atoms with Crippen molar-refractivity contribution >= 4 is 10.0 Å². The average molecular weight is 560 g/mol. The van der Waals surface area contributed by atoms with Crippen molar-refractivity contribution in [2.45, 2.75) is 55.6 Å². The maximum Gasteiger partial charge on any atom is 0.433 e. The van der Waals surface area contributed by atoms with Crippen molar-refractivity contribution < 1.29 is 31.1 Å². The smallest absolute Gasteiger partial charge is 0.433 e. The summed E-state index contributed by atoms with van der Waals surface area (Å²) in [7, 11) is -4.15. The maximum absolute atomic E-state index is 13.5. The molecule has 1 saturated heterocycles. The van der Waals surface area contributed by atoms with Crippen LogP contribution in [0.1, 0.15) is 54.1 Å². The third kappa shape index (κ3) is 6.03. The molecule has 2 aliphatic rings. The number of nitrogens with zero attached hydrogens (tertiary/aromatic N) is 4. The highest BCUT2D eigenvalue weighted by Gasteiger charge is 2.38. The summed E-state index contributed by atoms with van der Waals surface area (Å²) in [6.45, 7) is 2.28. The highest BCUT2D eigenvalue weighted by molar-refractivity contribution is 7.89. The van der Waals surface area contributed by atoms with Crippen molar-refractivity contribution in [2.75, 3.05) is 13.2 Å². The molecule has 4 heterocycles. The van der Waals surface area contributed by atoms with Crippen molar-refractivity contribution in [1.29, 1.82) is 5.26 Å². The first-order valence-corrected chi connectivity index (χ1v) is 13.8. The van der Waals surface area contributed by atoms with Gasteiger partial charge in [0.05, 0.1) is 17.0 Å². The third-order valence-electron chi connectivity index (χ3n) is 6.46. The summed E-state index contributed by atoms with van der Waals surface area (Å²) < 4.78 is 81.5. The summed E-state index contributed by atoms with van der Waals surface area (Å²) >= 11 is 0. The summed E-state index contributed by atoms with van der Waals surface area (Å²) in [4.78, 5) is 12.0. The fraction of sp³-hybridized carbons (Fsp3) is 0.385. The van der Waals surface area contributed by atoms with Crippen LogP contribution in [0.2, 0.25) is 0 Å². The number of aryl methyl sites for hydroxylation is 1. The lowest BCUT2D eigenvalue weighted by Gasteiger charge is -2.23. The van der Waals surface area contributed by atoms with Crippen LogP contribution in [0.5, 0.6) is 11.6 Å². The second-order valence-corrected chi connectivity index (χ2v) is 11.2. The molecule has 1 N–H and O–H groups in total. The molecular formula is C26H24F3N5O4S. The summed E-state index contributed by atoms with van der Waals surface area (Å²) in [5.41, 5.74) is 0.205. The molecule has 0 spiro atoms. The van der Waals surface area contributed by atoms with Crippen LogP contribution in [-0.4, -0.2) is 42.6 Å². The molecule has 5 rings (SSSR count). The molecule has 1 aliphatic heterocycles. The molecule has 1 aliphatic carbocycles. The quantitative estimate of drug-likeness (QED) is 0.435. The van der Waals surface area contributed by atoms with Crippen molar-refractivity contribution in [3.63, 3.8) is 0 Å². The van der Waals surface area contributed by atoms with Gasteiger partial charge in [-0.3, -0.25) is 4.98 Å². The molecule has 0 aromatic carbocycles. The first-order valence-electron chi connectivity index (χ1n) is 12.3. The van der Waals surface area contributed by atoms with Crippen LogP contribution in [-0.2, 0) is 20.9 Å². The number of aromatic nitrogens is 3. The van der Waals surface area contributed by atoms with Crippen LogP contribution in [0, 0.1) is 18.3 Å². The molecule has 2 fully saturated rings. The molecule has 0 amide bonds. The molecule has 0 radical (unpaired) electrons. The Morgan fingerprint density at radius 1 is 1.10 bits per heavy atom. The molecule has 9 nitrogen and oxygen atoms in total. The largest absolute Gasteiger partial charge is 0.435 e. The zero-order valence-corrected chi connectivity index (χ0v) is 21.6. The van der Waals surface area contributed by atoms with E-state index in [9.17, 15) is 26.9 Å². The lowest BCUT2D eigenvalue weighted by atomic mass is 10.1. The van der Waals surface area contributed by atoms with Crippen molar-refractivity contribution in [3.8, 4) is 29.0 Å². The van der Waals surface area contributed by atoms with Gasteiger partial charge in [0.2, 0.25) is 15.9 Å². The molecule has 1 saturated carbocycles. The van der Waals surface area contributed by atoms with Gasteiger partial charge in [0.25, 0.3) is 0 Å². The third-order valence-corrected chi connectivity index (χ3v) is 7.99. The molecule has 204 valence electrons. The van der Waals surface area contributed by atoms with Crippen molar-refractivity contribution in [3.05, 3.63) is 59.2 Å². The van der Waals surface area contributed by atoms with E-state index in [1.54, 1.807) is 0 Å². The van der Waals surface area contributed by atoms with Crippen LogP contribution >= 0.6 is 0 Å². The molecule has 3 aromatic rings. The van der Waals surface area contributed by atoms with Gasteiger partial charge in [-0.1, -0.05) is 0 Å². The second kappa shape index (κ2) is 10.5. The van der Waals surface area contributed by atoms with Gasteiger partial charge < -0.3 is 9.47 Å². The predicted molar refractivity (Wildman–Crippen MR) is 132 cm³/mol. The van der Waals surface area contributed by atoms with E-state index < -0.39 is 21.9 Å². The monoisotopic (exact) mass is 559 g/mol. The topological polar surface area (TPSA) is 127 Å². The number of hydrogen-bond donors (Lipinski definition) is 1. The Hall–Kier alpha value is -3.60. The van der Waals surface area contributed by atoms with E-state index >= 15 is 0 Å². The SMILES string of the molecule is Cc1cc(C(F)(F)F)nc(C2CC2)c1Oc1nc(-c2cncc(C#N)c2)ccc1S(=O)(=O)NC1CCOCC1. The molecule has 0 unspecified atom stereocenters. The molecule has 0 atom stereocenters. The van der Waals surface area contributed by atoms with Gasteiger partial charge >= 0.3 is 6.18 Å². The number of hydrogen-bond acceptors (Lipinski definition) is 8. The Morgan fingerprint density at radius 2 is 1.85 bits per heavy atom. The average Bonchev–Trinajstić information content (AvgIpc) is 3.75. The molecule has 0 bridgehead atoms. The summed E-state index contributed by atoms with van der Waals surface area (Å²) in [6, 6.07) is 6.82. The lowest BCUT2D eigenvalue weighted by Crippen LogP contribution is -2.39. The molecule has 3 aromatic heterocycles. The first kappa shape index (κ1) is 27.0. The van der Waals surface area contributed by atoms with Crippen LogP contribution < -0.4 is 9.46 Å². The van der Waals surface area contributed by atoms with Gasteiger partial charge in [-0.25, -0.2) is 23.1 Å². The van der Waals surface area contributed by atoms with E-state index in [-0.39, 0.29) is 51.0 Å². The fourth-order valence-electron chi connectivity index (χ4n) is 4.30. The predicted octanol–water partition coefficient (Wildman–Crippen LogP) is 4.86. The molecular weight excluding hydrogens is 535 g/mol. The van der Waals surface area contributed by atoms with Gasteiger partial charge in [0.1, 0.15) is 16.7 Å². The second-order valence-electron chi connectivity index (χ2n) is 9.49. The van der Waals surface area contributed by atoms with E-state index in [4.69, 9.17) is 9.47 Å². The maximum atomic E-state index is 13.5. The van der Waals surface area contributed by atoms with E-state index in [2.05, 4.69) is 19.7 Å². The summed E-state index contributed by atoms with van der Waals surface area (Å²) in [5, 5.41) is 9.24. The highest BCUT2D eigenvalue weighted by Crippen LogP contribution is 2.47. The standard InChI is InChI=1S/C26H24F3N5O4S/c1-15-10-22(26(27,28)29)33-23(17-2-3-17)24(15)38-25-21(39(35,36)34-19-6-8-37-9-7-19)5-4-20(32-25)18-11-16(12-30)13-31-14-18/h4-5,10-11,13-14,17,19,34H,2-3,6-9H2,1H3. The number of halogens is 3. The first-order chi connectivity index (χ1) is 18.5. The number of alkyl halides is 3.